The van der Waals surface area contributed by atoms with Gasteiger partial charge in [-0.3, -0.25) is 4.40 Å². The van der Waals surface area contributed by atoms with Crippen molar-refractivity contribution in [1.82, 2.24) is 19.3 Å². The van der Waals surface area contributed by atoms with Crippen molar-refractivity contribution in [2.75, 3.05) is 25.5 Å². The first-order valence-electron chi connectivity index (χ1n) is 9.39. The monoisotopic (exact) mass is 399 g/mol. The van der Waals surface area contributed by atoms with Gasteiger partial charge >= 0.3 is 6.09 Å². The zero-order chi connectivity index (χ0) is 20.1. The fourth-order valence-electron chi connectivity index (χ4n) is 3.35. The van der Waals surface area contributed by atoms with Crippen molar-refractivity contribution < 1.29 is 9.53 Å². The lowest BCUT2D eigenvalue weighted by Gasteiger charge is -2.29. The Balaban J connectivity index is 1.65. The number of thiophene rings is 1. The molecule has 0 atom stereocenters. The van der Waals surface area contributed by atoms with Gasteiger partial charge in [-0.05, 0) is 45.8 Å². The molecule has 1 aliphatic heterocycles. The van der Waals surface area contributed by atoms with Crippen LogP contribution in [0.2, 0.25) is 0 Å². The quantitative estimate of drug-likeness (QED) is 0.695. The average Bonchev–Trinajstić information content (AvgIpc) is 3.23. The molecule has 3 aromatic rings. The fourth-order valence-corrected chi connectivity index (χ4v) is 4.58. The molecule has 3 aromatic heterocycles. The largest absolute Gasteiger partial charge is 0.444 e. The minimum Gasteiger partial charge on any atom is -0.444 e. The number of aryl methyl sites for hydroxylation is 1. The molecular formula is C20H25N5O2S. The molecule has 0 saturated heterocycles. The molecule has 4 rings (SSSR count). The van der Waals surface area contributed by atoms with Gasteiger partial charge in [0.1, 0.15) is 15.9 Å². The van der Waals surface area contributed by atoms with E-state index in [2.05, 4.69) is 33.8 Å². The Labute approximate surface area is 168 Å². The van der Waals surface area contributed by atoms with Crippen LogP contribution < -0.4 is 5.32 Å². The molecule has 1 amide bonds. The van der Waals surface area contributed by atoms with Gasteiger partial charge in [-0.1, -0.05) is 6.08 Å². The molecule has 0 radical (unpaired) electrons. The Hall–Kier alpha value is -2.61. The Bertz CT molecular complexity index is 1090. The number of ether oxygens (including phenoxy) is 1. The summed E-state index contributed by atoms with van der Waals surface area (Å²) in [5, 5.41) is 3.14. The molecule has 0 unspecified atom stereocenters. The van der Waals surface area contributed by atoms with E-state index >= 15 is 0 Å². The average molecular weight is 400 g/mol. The number of carbonyl (C=O) groups excluding carboxylic acids is 1. The summed E-state index contributed by atoms with van der Waals surface area (Å²) in [6, 6.07) is 2.13. The lowest BCUT2D eigenvalue weighted by molar-refractivity contribution is 0.0270. The van der Waals surface area contributed by atoms with Crippen LogP contribution in [0, 0.1) is 6.92 Å². The smallest absolute Gasteiger partial charge is 0.410 e. The van der Waals surface area contributed by atoms with Crippen LogP contribution in [-0.4, -0.2) is 51.1 Å². The molecule has 0 bridgehead atoms. The minimum absolute atomic E-state index is 0.254. The van der Waals surface area contributed by atoms with Gasteiger partial charge in [-0.15, -0.1) is 11.3 Å². The van der Waals surface area contributed by atoms with Gasteiger partial charge in [0, 0.05) is 36.9 Å². The van der Waals surface area contributed by atoms with Gasteiger partial charge in [0.15, 0.2) is 11.5 Å². The maximum absolute atomic E-state index is 12.3. The number of carbonyl (C=O) groups is 1. The zero-order valence-corrected chi connectivity index (χ0v) is 17.7. The van der Waals surface area contributed by atoms with E-state index in [4.69, 9.17) is 9.72 Å². The highest BCUT2D eigenvalue weighted by molar-refractivity contribution is 7.19. The van der Waals surface area contributed by atoms with Crippen LogP contribution in [0.5, 0.6) is 0 Å². The Morgan fingerprint density at radius 3 is 2.79 bits per heavy atom. The molecule has 148 valence electrons. The van der Waals surface area contributed by atoms with Gasteiger partial charge in [-0.25, -0.2) is 14.8 Å². The molecule has 4 heterocycles. The van der Waals surface area contributed by atoms with Crippen LogP contribution in [0.15, 0.2) is 18.3 Å². The number of nitrogens with zero attached hydrogens (tertiary/aromatic N) is 4. The summed E-state index contributed by atoms with van der Waals surface area (Å²) in [5.74, 6) is 0.777. The molecule has 0 aliphatic carbocycles. The lowest BCUT2D eigenvalue weighted by Crippen LogP contribution is -2.39. The van der Waals surface area contributed by atoms with Crippen LogP contribution in [0.25, 0.3) is 21.6 Å². The number of rotatable bonds is 2. The maximum atomic E-state index is 12.3. The predicted molar refractivity (Wildman–Crippen MR) is 113 cm³/mol. The topological polar surface area (TPSA) is 71.8 Å². The number of amides is 1. The Kier molecular flexibility index (Phi) is 4.53. The summed E-state index contributed by atoms with van der Waals surface area (Å²) in [5.41, 5.74) is 3.65. The number of anilines is 1. The van der Waals surface area contributed by atoms with E-state index in [1.807, 2.05) is 34.0 Å². The van der Waals surface area contributed by atoms with Gasteiger partial charge < -0.3 is 15.0 Å². The number of hydrogen-bond donors (Lipinski definition) is 1. The molecule has 0 fully saturated rings. The lowest BCUT2D eigenvalue weighted by atomic mass is 10.1. The van der Waals surface area contributed by atoms with E-state index in [1.165, 1.54) is 10.5 Å². The highest BCUT2D eigenvalue weighted by atomic mass is 32.1. The van der Waals surface area contributed by atoms with Crippen LogP contribution in [-0.2, 0) is 4.74 Å². The van der Waals surface area contributed by atoms with E-state index in [0.29, 0.717) is 13.1 Å². The molecule has 7 nitrogen and oxygen atoms in total. The number of imidazole rings is 1. The summed E-state index contributed by atoms with van der Waals surface area (Å²) in [6.45, 7) is 8.93. The maximum Gasteiger partial charge on any atom is 0.410 e. The Morgan fingerprint density at radius 2 is 2.14 bits per heavy atom. The summed E-state index contributed by atoms with van der Waals surface area (Å²) in [7, 11) is 1.86. The van der Waals surface area contributed by atoms with E-state index in [0.717, 1.165) is 33.9 Å². The van der Waals surface area contributed by atoms with Crippen LogP contribution in [0.1, 0.15) is 37.8 Å². The molecule has 0 saturated carbocycles. The summed E-state index contributed by atoms with van der Waals surface area (Å²) in [6.07, 6.45) is 4.54. The van der Waals surface area contributed by atoms with E-state index < -0.39 is 5.60 Å². The SMILES string of the molecule is CNc1nc2cc(C3=CCN(C(=O)OC(C)(C)C)CC3)sc2n2c(C)cnc12. The zero-order valence-electron chi connectivity index (χ0n) is 16.9. The number of fused-ring (bicyclic) bond motifs is 3. The fraction of sp³-hybridized carbons (Fsp3) is 0.450. The van der Waals surface area contributed by atoms with E-state index in [1.54, 1.807) is 16.2 Å². The summed E-state index contributed by atoms with van der Waals surface area (Å²) in [4.78, 5) is 25.5. The molecule has 1 N–H and O–H groups in total. The summed E-state index contributed by atoms with van der Waals surface area (Å²) < 4.78 is 7.63. The molecule has 0 aromatic carbocycles. The number of hydrogen-bond acceptors (Lipinski definition) is 6. The first-order valence-corrected chi connectivity index (χ1v) is 10.2. The summed E-state index contributed by atoms with van der Waals surface area (Å²) >= 11 is 1.72. The van der Waals surface area contributed by atoms with Crippen LogP contribution >= 0.6 is 11.3 Å². The second kappa shape index (κ2) is 6.77. The third kappa shape index (κ3) is 3.32. The second-order valence-electron chi connectivity index (χ2n) is 7.98. The van der Waals surface area contributed by atoms with Crippen LogP contribution in [0.3, 0.4) is 0 Å². The van der Waals surface area contributed by atoms with E-state index in [-0.39, 0.29) is 6.09 Å². The third-order valence-electron chi connectivity index (χ3n) is 4.69. The van der Waals surface area contributed by atoms with Crippen LogP contribution in [0.4, 0.5) is 10.6 Å². The molecular weight excluding hydrogens is 374 g/mol. The molecule has 0 spiro atoms. The number of nitrogens with one attached hydrogen (secondary N) is 1. The first kappa shape index (κ1) is 18.7. The van der Waals surface area contributed by atoms with E-state index in [9.17, 15) is 4.79 Å². The van der Waals surface area contributed by atoms with Gasteiger partial charge in [-0.2, -0.15) is 0 Å². The van der Waals surface area contributed by atoms with Crippen molar-refractivity contribution in [3.05, 3.63) is 28.9 Å². The first-order chi connectivity index (χ1) is 13.3. The van der Waals surface area contributed by atoms with Crippen molar-refractivity contribution in [2.45, 2.75) is 39.7 Å². The van der Waals surface area contributed by atoms with Crippen molar-refractivity contribution in [3.8, 4) is 0 Å². The van der Waals surface area contributed by atoms with Crippen molar-refractivity contribution >= 4 is 44.8 Å². The normalized spacial score (nSPS) is 15.2. The third-order valence-corrected chi connectivity index (χ3v) is 5.88. The van der Waals surface area contributed by atoms with Gasteiger partial charge in [0.2, 0.25) is 0 Å². The van der Waals surface area contributed by atoms with Gasteiger partial charge in [0.25, 0.3) is 0 Å². The number of aromatic nitrogens is 3. The molecule has 8 heteroatoms. The van der Waals surface area contributed by atoms with Crippen molar-refractivity contribution in [3.63, 3.8) is 0 Å². The molecule has 1 aliphatic rings. The van der Waals surface area contributed by atoms with Gasteiger partial charge in [0.05, 0.1) is 0 Å². The highest BCUT2D eigenvalue weighted by Crippen LogP contribution is 2.35. The Morgan fingerprint density at radius 1 is 1.36 bits per heavy atom. The minimum atomic E-state index is -0.475. The molecule has 28 heavy (non-hydrogen) atoms. The van der Waals surface area contributed by atoms with Crippen molar-refractivity contribution in [1.29, 1.82) is 0 Å². The second-order valence-corrected chi connectivity index (χ2v) is 9.01. The predicted octanol–water partition coefficient (Wildman–Crippen LogP) is 4.32. The highest BCUT2D eigenvalue weighted by Gasteiger charge is 2.24. The van der Waals surface area contributed by atoms with Crippen molar-refractivity contribution in [2.24, 2.45) is 0 Å². The standard InChI is InChI=1S/C20H25N5O2S/c1-12-11-22-17-16(21-5)23-14-10-15(28-18(14)25(12)17)13-6-8-24(9-7-13)19(26)27-20(2,3)4/h6,10-11H,7-9H2,1-5H3,(H,21,23).